The molecule has 1 aliphatic carbocycles. The molecule has 1 atom stereocenters. The number of aliphatic hydroxyl groups is 1. The van der Waals surface area contributed by atoms with Gasteiger partial charge in [-0.15, -0.1) is 11.3 Å². The van der Waals surface area contributed by atoms with Gasteiger partial charge in [0, 0.05) is 60.4 Å². The minimum Gasteiger partial charge on any atom is -0.386 e. The number of carbonyl (C=O) groups excluding carboxylic acids is 5. The molecule has 5 amide bonds. The molecule has 12 nitrogen and oxygen atoms in total. The van der Waals surface area contributed by atoms with Crippen LogP contribution in [0.25, 0.3) is 10.2 Å². The Balaban J connectivity index is 0.811. The van der Waals surface area contributed by atoms with Gasteiger partial charge in [0.25, 0.3) is 23.6 Å². The van der Waals surface area contributed by atoms with E-state index in [9.17, 15) is 37.9 Å². The van der Waals surface area contributed by atoms with E-state index >= 15 is 0 Å². The lowest BCUT2D eigenvalue weighted by Crippen LogP contribution is -2.54. The molecule has 61 heavy (non-hydrogen) atoms. The van der Waals surface area contributed by atoms with Crippen molar-refractivity contribution in [2.24, 2.45) is 11.8 Å². The molecule has 3 aliphatic heterocycles. The maximum Gasteiger partial charge on any atom is 0.270 e. The third-order valence-electron chi connectivity index (χ3n) is 12.8. The zero-order chi connectivity index (χ0) is 43.2. The van der Waals surface area contributed by atoms with Gasteiger partial charge in [-0.2, -0.15) is 0 Å². The van der Waals surface area contributed by atoms with Crippen LogP contribution in [0.2, 0.25) is 0 Å². The normalized spacial score (nSPS) is 21.8. The van der Waals surface area contributed by atoms with Crippen molar-refractivity contribution in [2.75, 3.05) is 36.8 Å². The van der Waals surface area contributed by atoms with Crippen LogP contribution in [0.4, 0.5) is 20.2 Å². The monoisotopic (exact) mass is 854 g/mol. The molecule has 0 radical (unpaired) electrons. The molecule has 8 rings (SSSR count). The Morgan fingerprint density at radius 1 is 0.902 bits per heavy atom. The summed E-state index contributed by atoms with van der Waals surface area (Å²) >= 11 is 1.60. The number of fused-ring (bicyclic) bond motifs is 2. The van der Waals surface area contributed by atoms with E-state index in [-0.39, 0.29) is 35.1 Å². The highest BCUT2D eigenvalue weighted by Gasteiger charge is 2.45. The van der Waals surface area contributed by atoms with E-state index in [4.69, 9.17) is 4.98 Å². The summed E-state index contributed by atoms with van der Waals surface area (Å²) in [5.74, 6) is -4.18. The lowest BCUT2D eigenvalue weighted by Gasteiger charge is -2.36. The number of nitrogens with one attached hydrogen (secondary N) is 3. The van der Waals surface area contributed by atoms with E-state index in [2.05, 4.69) is 20.9 Å². The number of rotatable bonds is 12. The van der Waals surface area contributed by atoms with Crippen molar-refractivity contribution in [3.63, 3.8) is 0 Å². The van der Waals surface area contributed by atoms with E-state index in [0.717, 1.165) is 91.6 Å². The first-order valence-corrected chi connectivity index (χ1v) is 22.1. The van der Waals surface area contributed by atoms with Crippen molar-refractivity contribution in [1.29, 1.82) is 0 Å². The number of anilines is 2. The predicted molar refractivity (Wildman–Crippen MR) is 229 cm³/mol. The van der Waals surface area contributed by atoms with Gasteiger partial charge in [0.15, 0.2) is 0 Å². The molecule has 15 heteroatoms. The topological polar surface area (TPSA) is 161 Å². The Morgan fingerprint density at radius 2 is 1.64 bits per heavy atom. The van der Waals surface area contributed by atoms with E-state index in [1.165, 1.54) is 24.3 Å². The first kappa shape index (κ1) is 42.6. The van der Waals surface area contributed by atoms with Crippen molar-refractivity contribution in [3.05, 3.63) is 87.4 Å². The molecule has 1 unspecified atom stereocenters. The number of alkyl halides is 2. The first-order chi connectivity index (χ1) is 29.0. The Labute approximate surface area is 357 Å². The van der Waals surface area contributed by atoms with Crippen molar-refractivity contribution < 1.29 is 37.9 Å². The van der Waals surface area contributed by atoms with Crippen LogP contribution in [0.15, 0.2) is 54.6 Å². The highest BCUT2D eigenvalue weighted by atomic mass is 32.1. The van der Waals surface area contributed by atoms with Crippen LogP contribution >= 0.6 is 11.3 Å². The van der Waals surface area contributed by atoms with Crippen molar-refractivity contribution in [2.45, 2.75) is 102 Å². The average molecular weight is 855 g/mol. The van der Waals surface area contributed by atoms with Gasteiger partial charge in [0.2, 0.25) is 11.8 Å². The molecule has 4 aromatic rings. The van der Waals surface area contributed by atoms with Crippen LogP contribution in [0.3, 0.4) is 0 Å². The molecular weight excluding hydrogens is 803 g/mol. The van der Waals surface area contributed by atoms with Gasteiger partial charge in [-0.05, 0) is 127 Å². The summed E-state index contributed by atoms with van der Waals surface area (Å²) < 4.78 is 28.9. The highest BCUT2D eigenvalue weighted by Crippen LogP contribution is 2.42. The molecule has 0 spiro atoms. The molecule has 322 valence electrons. The van der Waals surface area contributed by atoms with Gasteiger partial charge in [0.05, 0.1) is 32.0 Å². The van der Waals surface area contributed by atoms with Gasteiger partial charge in [-0.25, -0.2) is 13.8 Å². The standard InChI is InChI=1S/C46H52F2N6O6S/c1-45(2,60)32-23-35-37(24-34(32)50-40(56)29-6-4-7-30(22-29)46(3,47)48)61-42(51-35)28-12-10-27(11-13-28)25-53-20-17-26(18-21-53)16-19-49-33-9-5-8-31-39(33)44(59)54(43(31)58)36-14-15-38(55)52-41(36)57/h4-9,22-24,26-28,36,49,60H,10-21,25H2,1-3H3,(H,50,56)(H,52,55,57)/t27-,28-,36?. The number of piperidine rings is 2. The summed E-state index contributed by atoms with van der Waals surface area (Å²) in [5, 5.41) is 20.6. The second kappa shape index (κ2) is 17.0. The summed E-state index contributed by atoms with van der Waals surface area (Å²) in [5.41, 5.74) is 1.40. The molecule has 4 aliphatic rings. The van der Waals surface area contributed by atoms with Crippen LogP contribution < -0.4 is 16.0 Å². The third-order valence-corrected chi connectivity index (χ3v) is 14.0. The molecule has 1 saturated carbocycles. The SMILES string of the molecule is CC(C)(O)c1cc2nc([C@H]3CC[C@H](CN4CCC(CCNc5cccc6c5C(=O)N(C5CCC(=O)NC5=O)C6=O)CC4)CC3)sc2cc1NC(=O)c1cccc(C(C)(F)F)c1. The second-order valence-corrected chi connectivity index (χ2v) is 18.8. The van der Waals surface area contributed by atoms with Crippen molar-refractivity contribution in [1.82, 2.24) is 20.1 Å². The minimum absolute atomic E-state index is 0.0784. The summed E-state index contributed by atoms with van der Waals surface area (Å²) in [6, 6.07) is 13.2. The lowest BCUT2D eigenvalue weighted by atomic mass is 9.81. The molecule has 4 heterocycles. The lowest BCUT2D eigenvalue weighted by molar-refractivity contribution is -0.136. The third kappa shape index (κ3) is 9.10. The quantitative estimate of drug-likeness (QED) is 0.104. The number of nitrogens with zero attached hydrogens (tertiary/aromatic N) is 3. The number of amides is 5. The van der Waals surface area contributed by atoms with Gasteiger partial charge in [0.1, 0.15) is 6.04 Å². The molecule has 3 aromatic carbocycles. The molecular formula is C46H52F2N6O6S. The zero-order valence-corrected chi connectivity index (χ0v) is 35.5. The molecule has 4 N–H and O–H groups in total. The van der Waals surface area contributed by atoms with Crippen LogP contribution in [0.5, 0.6) is 0 Å². The second-order valence-electron chi connectivity index (χ2n) is 17.8. The maximum atomic E-state index is 14.0. The number of benzene rings is 3. The van der Waals surface area contributed by atoms with Gasteiger partial charge in [-0.1, -0.05) is 18.2 Å². The minimum atomic E-state index is -3.08. The Bertz CT molecular complexity index is 2370. The van der Waals surface area contributed by atoms with Gasteiger partial charge < -0.3 is 20.6 Å². The molecule has 3 fully saturated rings. The number of hydrogen-bond acceptors (Lipinski definition) is 10. The number of aromatic nitrogens is 1. The number of halogens is 2. The predicted octanol–water partition coefficient (Wildman–Crippen LogP) is 7.78. The maximum absolute atomic E-state index is 14.0. The van der Waals surface area contributed by atoms with Crippen molar-refractivity contribution >= 4 is 62.5 Å². The van der Waals surface area contributed by atoms with E-state index < -0.39 is 47.1 Å². The summed E-state index contributed by atoms with van der Waals surface area (Å²) in [6.07, 6.45) is 7.61. The van der Waals surface area contributed by atoms with Crippen LogP contribution in [-0.2, 0) is 21.1 Å². The summed E-state index contributed by atoms with van der Waals surface area (Å²) in [7, 11) is 0. The Morgan fingerprint density at radius 3 is 2.34 bits per heavy atom. The van der Waals surface area contributed by atoms with E-state index in [1.54, 1.807) is 43.4 Å². The van der Waals surface area contributed by atoms with E-state index in [0.29, 0.717) is 41.2 Å². The number of carbonyl (C=O) groups is 5. The highest BCUT2D eigenvalue weighted by molar-refractivity contribution is 7.18. The summed E-state index contributed by atoms with van der Waals surface area (Å²) in [6.45, 7) is 7.89. The molecule has 1 aromatic heterocycles. The smallest absolute Gasteiger partial charge is 0.270 e. The number of hydrogen-bond donors (Lipinski definition) is 4. The largest absolute Gasteiger partial charge is 0.386 e. The molecule has 2 saturated heterocycles. The molecule has 0 bridgehead atoms. The van der Waals surface area contributed by atoms with Crippen LogP contribution in [-0.4, -0.2) is 81.6 Å². The fourth-order valence-corrected chi connectivity index (χ4v) is 10.5. The fraction of sp³-hybridized carbons (Fsp3) is 0.478. The van der Waals surface area contributed by atoms with Crippen LogP contribution in [0.1, 0.15) is 132 Å². The summed E-state index contributed by atoms with van der Waals surface area (Å²) in [4.78, 5) is 72.6. The fourth-order valence-electron chi connectivity index (χ4n) is 9.39. The number of likely N-dealkylation sites (tertiary alicyclic amines) is 1. The average Bonchev–Trinajstić information content (AvgIpc) is 3.75. The van der Waals surface area contributed by atoms with Crippen LogP contribution in [0, 0.1) is 11.8 Å². The van der Waals surface area contributed by atoms with Gasteiger partial charge in [-0.3, -0.25) is 34.2 Å². The first-order valence-electron chi connectivity index (χ1n) is 21.3. The van der Waals surface area contributed by atoms with Gasteiger partial charge >= 0.3 is 0 Å². The zero-order valence-electron chi connectivity index (χ0n) is 34.7. The number of imide groups is 2. The number of thiazole rings is 1. The Hall–Kier alpha value is -5.12. The Kier molecular flexibility index (Phi) is 11.8. The van der Waals surface area contributed by atoms with Crippen molar-refractivity contribution in [3.8, 4) is 0 Å². The van der Waals surface area contributed by atoms with E-state index in [1.807, 2.05) is 12.1 Å².